The zero-order chi connectivity index (χ0) is 17.2. The van der Waals surface area contributed by atoms with E-state index in [4.69, 9.17) is 4.74 Å². The third-order valence-electron chi connectivity index (χ3n) is 3.97. The van der Waals surface area contributed by atoms with Crippen molar-refractivity contribution in [2.75, 3.05) is 23.8 Å². The van der Waals surface area contributed by atoms with Gasteiger partial charge in [0, 0.05) is 28.2 Å². The lowest BCUT2D eigenvalue weighted by Crippen LogP contribution is -2.14. The molecule has 126 valence electrons. The molecule has 4 rings (SSSR count). The minimum atomic E-state index is -0.202. The first-order valence-corrected chi connectivity index (χ1v) is 8.71. The van der Waals surface area contributed by atoms with Crippen molar-refractivity contribution < 1.29 is 9.53 Å². The summed E-state index contributed by atoms with van der Waals surface area (Å²) in [6.45, 7) is 1.44. The van der Waals surface area contributed by atoms with E-state index in [1.54, 1.807) is 18.3 Å². The maximum absolute atomic E-state index is 12.7. The van der Waals surface area contributed by atoms with Crippen LogP contribution in [0, 0.1) is 0 Å². The number of halogens is 1. The second kappa shape index (κ2) is 6.68. The lowest BCUT2D eigenvalue weighted by atomic mass is 10.1. The molecular formula is C18H15BrN4O2. The predicted molar refractivity (Wildman–Crippen MR) is 100 cm³/mol. The molecule has 3 aromatic rings. The molecule has 25 heavy (non-hydrogen) atoms. The van der Waals surface area contributed by atoms with Crippen molar-refractivity contribution in [3.05, 3.63) is 52.9 Å². The van der Waals surface area contributed by atoms with Crippen LogP contribution in [0.2, 0.25) is 0 Å². The normalized spacial score (nSPS) is 13.3. The van der Waals surface area contributed by atoms with Crippen LogP contribution in [0.25, 0.3) is 10.9 Å². The van der Waals surface area contributed by atoms with Gasteiger partial charge in [0.1, 0.15) is 17.8 Å². The molecule has 1 aliphatic rings. The molecule has 0 radical (unpaired) electrons. The Morgan fingerprint density at radius 3 is 3.12 bits per heavy atom. The van der Waals surface area contributed by atoms with Gasteiger partial charge in [-0.15, -0.1) is 0 Å². The summed E-state index contributed by atoms with van der Waals surface area (Å²) in [6.07, 6.45) is 4.10. The highest BCUT2D eigenvalue weighted by Crippen LogP contribution is 2.38. The van der Waals surface area contributed by atoms with Gasteiger partial charge in [-0.1, -0.05) is 22.0 Å². The average Bonchev–Trinajstić information content (AvgIpc) is 2.86. The number of aromatic nitrogens is 2. The van der Waals surface area contributed by atoms with E-state index < -0.39 is 0 Å². The summed E-state index contributed by atoms with van der Waals surface area (Å²) < 4.78 is 6.60. The highest BCUT2D eigenvalue weighted by molar-refractivity contribution is 9.10. The SMILES string of the molecule is O=C(Nc1cc(Br)cc2c1NCCCO2)c1ccc2cncnc2c1. The van der Waals surface area contributed by atoms with Gasteiger partial charge >= 0.3 is 0 Å². The van der Waals surface area contributed by atoms with Crippen LogP contribution < -0.4 is 15.4 Å². The summed E-state index contributed by atoms with van der Waals surface area (Å²) in [5, 5.41) is 7.18. The summed E-state index contributed by atoms with van der Waals surface area (Å²) in [6, 6.07) is 9.12. The summed E-state index contributed by atoms with van der Waals surface area (Å²) >= 11 is 3.47. The molecule has 0 fully saturated rings. The highest BCUT2D eigenvalue weighted by Gasteiger charge is 2.17. The van der Waals surface area contributed by atoms with Crippen molar-refractivity contribution >= 4 is 44.1 Å². The third kappa shape index (κ3) is 3.28. The van der Waals surface area contributed by atoms with Gasteiger partial charge in [0.25, 0.3) is 5.91 Å². The molecule has 2 N–H and O–H groups in total. The highest BCUT2D eigenvalue weighted by atomic mass is 79.9. The van der Waals surface area contributed by atoms with Crippen LogP contribution in [-0.2, 0) is 0 Å². The van der Waals surface area contributed by atoms with E-state index in [9.17, 15) is 4.79 Å². The molecule has 0 atom stereocenters. The molecule has 1 amide bonds. The average molecular weight is 399 g/mol. The number of ether oxygens (including phenoxy) is 1. The van der Waals surface area contributed by atoms with Crippen LogP contribution in [0.1, 0.15) is 16.8 Å². The van der Waals surface area contributed by atoms with Crippen molar-refractivity contribution in [3.63, 3.8) is 0 Å². The first kappa shape index (κ1) is 15.8. The molecule has 0 spiro atoms. The predicted octanol–water partition coefficient (Wildman–Crippen LogP) is 3.84. The summed E-state index contributed by atoms with van der Waals surface area (Å²) in [5.41, 5.74) is 2.75. The van der Waals surface area contributed by atoms with Crippen LogP contribution in [0.15, 0.2) is 47.3 Å². The Balaban J connectivity index is 1.67. The quantitative estimate of drug-likeness (QED) is 0.685. The number of nitrogens with one attached hydrogen (secondary N) is 2. The van der Waals surface area contributed by atoms with Gasteiger partial charge < -0.3 is 15.4 Å². The van der Waals surface area contributed by atoms with E-state index in [0.29, 0.717) is 17.9 Å². The van der Waals surface area contributed by atoms with Gasteiger partial charge in [-0.05, 0) is 30.7 Å². The minimum Gasteiger partial charge on any atom is -0.491 e. The summed E-state index contributed by atoms with van der Waals surface area (Å²) in [7, 11) is 0. The Labute approximate surface area is 152 Å². The summed E-state index contributed by atoms with van der Waals surface area (Å²) in [4.78, 5) is 20.9. The molecule has 1 aliphatic heterocycles. The lowest BCUT2D eigenvalue weighted by molar-refractivity contribution is 0.102. The van der Waals surface area contributed by atoms with E-state index >= 15 is 0 Å². The van der Waals surface area contributed by atoms with Crippen molar-refractivity contribution in [2.24, 2.45) is 0 Å². The van der Waals surface area contributed by atoms with Gasteiger partial charge in [-0.25, -0.2) is 9.97 Å². The summed E-state index contributed by atoms with van der Waals surface area (Å²) in [5.74, 6) is 0.528. The van der Waals surface area contributed by atoms with Crippen LogP contribution >= 0.6 is 15.9 Å². The van der Waals surface area contributed by atoms with Crippen molar-refractivity contribution in [3.8, 4) is 5.75 Å². The van der Waals surface area contributed by atoms with Crippen molar-refractivity contribution in [1.82, 2.24) is 9.97 Å². The number of amides is 1. The number of fused-ring (bicyclic) bond motifs is 2. The number of anilines is 2. The Morgan fingerprint density at radius 2 is 2.20 bits per heavy atom. The van der Waals surface area contributed by atoms with Crippen molar-refractivity contribution in [2.45, 2.75) is 6.42 Å². The number of hydrogen-bond acceptors (Lipinski definition) is 5. The second-order valence-electron chi connectivity index (χ2n) is 5.71. The molecule has 0 saturated carbocycles. The largest absolute Gasteiger partial charge is 0.491 e. The van der Waals surface area contributed by atoms with E-state index in [-0.39, 0.29) is 5.91 Å². The van der Waals surface area contributed by atoms with Crippen LogP contribution in [0.4, 0.5) is 11.4 Å². The first-order chi connectivity index (χ1) is 12.2. The zero-order valence-electron chi connectivity index (χ0n) is 13.3. The molecule has 7 heteroatoms. The van der Waals surface area contributed by atoms with Gasteiger partial charge in [-0.3, -0.25) is 4.79 Å². The van der Waals surface area contributed by atoms with E-state index in [2.05, 4.69) is 36.5 Å². The fourth-order valence-corrected chi connectivity index (χ4v) is 3.19. The fraction of sp³-hybridized carbons (Fsp3) is 0.167. The lowest BCUT2D eigenvalue weighted by Gasteiger charge is -2.15. The topological polar surface area (TPSA) is 76.1 Å². The number of hydrogen-bond donors (Lipinski definition) is 2. The zero-order valence-corrected chi connectivity index (χ0v) is 14.8. The second-order valence-corrected chi connectivity index (χ2v) is 6.62. The van der Waals surface area contributed by atoms with Crippen LogP contribution in [-0.4, -0.2) is 29.0 Å². The van der Waals surface area contributed by atoms with E-state index in [1.807, 2.05) is 18.2 Å². The maximum atomic E-state index is 12.7. The Hall–Kier alpha value is -2.67. The molecule has 1 aromatic heterocycles. The van der Waals surface area contributed by atoms with Gasteiger partial charge in [0.05, 0.1) is 17.8 Å². The number of rotatable bonds is 2. The molecule has 2 heterocycles. The van der Waals surface area contributed by atoms with Crippen molar-refractivity contribution in [1.29, 1.82) is 0 Å². The molecule has 0 saturated heterocycles. The minimum absolute atomic E-state index is 0.202. The Kier molecular flexibility index (Phi) is 4.23. The van der Waals surface area contributed by atoms with Crippen LogP contribution in [0.3, 0.4) is 0 Å². The Morgan fingerprint density at radius 1 is 1.28 bits per heavy atom. The van der Waals surface area contributed by atoms with Crippen LogP contribution in [0.5, 0.6) is 5.75 Å². The van der Waals surface area contributed by atoms with Gasteiger partial charge in [-0.2, -0.15) is 0 Å². The van der Waals surface area contributed by atoms with E-state index in [0.717, 1.165) is 39.8 Å². The molecule has 0 aliphatic carbocycles. The first-order valence-electron chi connectivity index (χ1n) is 7.92. The fourth-order valence-electron chi connectivity index (χ4n) is 2.75. The molecular weight excluding hydrogens is 384 g/mol. The monoisotopic (exact) mass is 398 g/mol. The Bertz CT molecular complexity index is 961. The molecule has 6 nitrogen and oxygen atoms in total. The number of carbonyl (C=O) groups is 1. The maximum Gasteiger partial charge on any atom is 0.255 e. The molecule has 0 unspecified atom stereocenters. The smallest absolute Gasteiger partial charge is 0.255 e. The number of benzene rings is 2. The number of nitrogens with zero attached hydrogens (tertiary/aromatic N) is 2. The van der Waals surface area contributed by atoms with E-state index in [1.165, 1.54) is 6.33 Å². The van der Waals surface area contributed by atoms with Gasteiger partial charge in [0.15, 0.2) is 0 Å². The third-order valence-corrected chi connectivity index (χ3v) is 4.42. The van der Waals surface area contributed by atoms with Gasteiger partial charge in [0.2, 0.25) is 0 Å². The molecule has 0 bridgehead atoms. The molecule has 2 aromatic carbocycles. The standard InChI is InChI=1S/C18H15BrN4O2/c19-13-7-15(17-16(8-13)25-5-1-4-21-17)23-18(24)11-2-3-12-9-20-10-22-14(12)6-11/h2-3,6-10,21H,1,4-5H2,(H,23,24). The number of carbonyl (C=O) groups excluding carboxylic acids is 1.